The molecule has 3 aromatic rings. The number of halogens is 2. The average Bonchev–Trinajstić information content (AvgIpc) is 3.35. The van der Waals surface area contributed by atoms with Gasteiger partial charge in [0.1, 0.15) is 12.4 Å². The summed E-state index contributed by atoms with van der Waals surface area (Å²) in [6, 6.07) is 11.2. The smallest absolute Gasteiger partial charge is 0.326 e. The predicted molar refractivity (Wildman–Crippen MR) is 152 cm³/mol. The highest BCUT2D eigenvalue weighted by molar-refractivity contribution is 7.92. The van der Waals surface area contributed by atoms with Gasteiger partial charge in [0.2, 0.25) is 5.95 Å². The van der Waals surface area contributed by atoms with Crippen molar-refractivity contribution in [3.8, 4) is 0 Å². The van der Waals surface area contributed by atoms with Gasteiger partial charge < -0.3 is 19.9 Å². The van der Waals surface area contributed by atoms with E-state index in [4.69, 9.17) is 32.9 Å². The third-order valence-corrected chi connectivity index (χ3v) is 8.75. The van der Waals surface area contributed by atoms with Crippen LogP contribution in [0.1, 0.15) is 12.5 Å². The molecule has 10 nitrogen and oxygen atoms in total. The number of hydrogen-bond acceptors (Lipinski definition) is 9. The zero-order chi connectivity index (χ0) is 27.6. The Morgan fingerprint density at radius 3 is 2.54 bits per heavy atom. The maximum Gasteiger partial charge on any atom is 0.326 e. The fourth-order valence-corrected chi connectivity index (χ4v) is 6.86. The lowest BCUT2D eigenvalue weighted by Crippen LogP contribution is -2.44. The largest absolute Gasteiger partial charge is 0.465 e. The van der Waals surface area contributed by atoms with Gasteiger partial charge in [0.15, 0.2) is 0 Å². The van der Waals surface area contributed by atoms with Crippen LogP contribution in [0, 0.1) is 0 Å². The number of benzene rings is 2. The Hall–Kier alpha value is -3.12. The standard InChI is InChI=1S/C26H28Cl2N6O4S/c1-2-38-25(35)17-34(39(36,37)22-15-19(27)14-20(28)16-22)21-3-4-23-18(13-21)6-10-33(23)26-30-7-5-24(31-26)32-11-8-29-9-12-32/h3-5,7,13-16,29H,2,6,8-12,17H2,1H3. The maximum absolute atomic E-state index is 13.7. The topological polar surface area (TPSA) is 108 Å². The number of carbonyl (C=O) groups excluding carboxylic acids is 1. The van der Waals surface area contributed by atoms with E-state index in [1.54, 1.807) is 25.3 Å². The minimum Gasteiger partial charge on any atom is -0.465 e. The summed E-state index contributed by atoms with van der Waals surface area (Å²) in [6.45, 7) is 5.48. The van der Waals surface area contributed by atoms with Crippen molar-refractivity contribution in [1.29, 1.82) is 0 Å². The number of esters is 1. The predicted octanol–water partition coefficient (Wildman–Crippen LogP) is 3.65. The summed E-state index contributed by atoms with van der Waals surface area (Å²) in [5, 5.41) is 3.68. The van der Waals surface area contributed by atoms with Gasteiger partial charge in [0.25, 0.3) is 10.0 Å². The third-order valence-electron chi connectivity index (χ3n) is 6.56. The summed E-state index contributed by atoms with van der Waals surface area (Å²) < 4.78 is 33.5. The van der Waals surface area contributed by atoms with Crippen molar-refractivity contribution in [3.63, 3.8) is 0 Å². The Balaban J connectivity index is 1.48. The van der Waals surface area contributed by atoms with Crippen molar-refractivity contribution >= 4 is 62.3 Å². The molecule has 0 aliphatic carbocycles. The van der Waals surface area contributed by atoms with E-state index in [-0.39, 0.29) is 21.5 Å². The van der Waals surface area contributed by atoms with Gasteiger partial charge in [-0.05, 0) is 61.4 Å². The zero-order valence-corrected chi connectivity index (χ0v) is 23.6. The molecule has 5 rings (SSSR count). The van der Waals surface area contributed by atoms with Crippen LogP contribution in [0.5, 0.6) is 0 Å². The molecule has 0 bridgehead atoms. The molecule has 0 saturated carbocycles. The molecular formula is C26H28Cl2N6O4S. The van der Waals surface area contributed by atoms with Crippen molar-refractivity contribution in [2.24, 2.45) is 0 Å². The molecule has 0 radical (unpaired) electrons. The Labute approximate surface area is 237 Å². The quantitative estimate of drug-likeness (QED) is 0.393. The summed E-state index contributed by atoms with van der Waals surface area (Å²) in [5.74, 6) is 0.787. The molecule has 1 N–H and O–H groups in total. The van der Waals surface area contributed by atoms with Crippen LogP contribution in [0.3, 0.4) is 0 Å². The van der Waals surface area contributed by atoms with Gasteiger partial charge in [0.05, 0.1) is 17.2 Å². The molecule has 206 valence electrons. The lowest BCUT2D eigenvalue weighted by atomic mass is 10.1. The van der Waals surface area contributed by atoms with Crippen LogP contribution in [0.4, 0.5) is 23.1 Å². The Morgan fingerprint density at radius 1 is 1.08 bits per heavy atom. The number of carbonyl (C=O) groups is 1. The molecule has 1 saturated heterocycles. The highest BCUT2D eigenvalue weighted by atomic mass is 35.5. The lowest BCUT2D eigenvalue weighted by molar-refractivity contribution is -0.141. The first-order chi connectivity index (χ1) is 18.8. The number of aromatic nitrogens is 2. The fourth-order valence-electron chi connectivity index (χ4n) is 4.73. The minimum absolute atomic E-state index is 0.121. The lowest BCUT2D eigenvalue weighted by Gasteiger charge is -2.29. The number of ether oxygens (including phenoxy) is 1. The molecule has 3 heterocycles. The van der Waals surface area contributed by atoms with Gasteiger partial charge in [-0.3, -0.25) is 9.10 Å². The van der Waals surface area contributed by atoms with E-state index in [2.05, 4.69) is 15.2 Å². The monoisotopic (exact) mass is 590 g/mol. The molecule has 2 aromatic carbocycles. The number of nitrogens with zero attached hydrogens (tertiary/aromatic N) is 5. The second-order valence-electron chi connectivity index (χ2n) is 9.09. The first-order valence-electron chi connectivity index (χ1n) is 12.6. The summed E-state index contributed by atoms with van der Waals surface area (Å²) in [5.41, 5.74) is 2.13. The normalized spacial score (nSPS) is 15.3. The van der Waals surface area contributed by atoms with Crippen LogP contribution in [-0.4, -0.2) is 70.2 Å². The molecular weight excluding hydrogens is 563 g/mol. The van der Waals surface area contributed by atoms with Crippen LogP contribution in [0.25, 0.3) is 0 Å². The van der Waals surface area contributed by atoms with E-state index in [0.29, 0.717) is 24.6 Å². The maximum atomic E-state index is 13.7. The van der Waals surface area contributed by atoms with Gasteiger partial charge in [0, 0.05) is 54.7 Å². The van der Waals surface area contributed by atoms with Crippen LogP contribution in [0.15, 0.2) is 53.6 Å². The van der Waals surface area contributed by atoms with Crippen LogP contribution in [0.2, 0.25) is 10.0 Å². The van der Waals surface area contributed by atoms with Crippen molar-refractivity contribution in [2.75, 3.05) is 60.0 Å². The van der Waals surface area contributed by atoms with E-state index >= 15 is 0 Å². The Bertz CT molecular complexity index is 1460. The van der Waals surface area contributed by atoms with Gasteiger partial charge in [-0.1, -0.05) is 23.2 Å². The number of anilines is 4. The van der Waals surface area contributed by atoms with E-state index in [0.717, 1.165) is 47.6 Å². The SMILES string of the molecule is CCOC(=O)CN(c1ccc2c(c1)CCN2c1nccc(N2CCNCC2)n1)S(=O)(=O)c1cc(Cl)cc(Cl)c1. The van der Waals surface area contributed by atoms with Gasteiger partial charge in [-0.2, -0.15) is 4.98 Å². The van der Waals surface area contributed by atoms with Gasteiger partial charge in [-0.15, -0.1) is 0 Å². The number of sulfonamides is 1. The fraction of sp³-hybridized carbons (Fsp3) is 0.346. The van der Waals surface area contributed by atoms with Gasteiger partial charge in [-0.25, -0.2) is 13.4 Å². The Kier molecular flexibility index (Phi) is 8.13. The number of piperazine rings is 1. The average molecular weight is 592 g/mol. The van der Waals surface area contributed by atoms with Crippen LogP contribution >= 0.6 is 23.2 Å². The van der Waals surface area contributed by atoms with E-state index < -0.39 is 22.5 Å². The first-order valence-corrected chi connectivity index (χ1v) is 14.8. The van der Waals surface area contributed by atoms with Crippen LogP contribution < -0.4 is 19.4 Å². The summed E-state index contributed by atoms with van der Waals surface area (Å²) in [7, 11) is -4.20. The molecule has 2 aliphatic rings. The summed E-state index contributed by atoms with van der Waals surface area (Å²) in [6.07, 6.45) is 2.41. The molecule has 2 aliphatic heterocycles. The summed E-state index contributed by atoms with van der Waals surface area (Å²) >= 11 is 12.2. The summed E-state index contributed by atoms with van der Waals surface area (Å²) in [4.78, 5) is 25.9. The number of fused-ring (bicyclic) bond motifs is 1. The second-order valence-corrected chi connectivity index (χ2v) is 11.8. The molecule has 13 heteroatoms. The van der Waals surface area contributed by atoms with Crippen molar-refractivity contribution < 1.29 is 17.9 Å². The van der Waals surface area contributed by atoms with Crippen molar-refractivity contribution in [1.82, 2.24) is 15.3 Å². The zero-order valence-electron chi connectivity index (χ0n) is 21.3. The first kappa shape index (κ1) is 27.4. The van der Waals surface area contributed by atoms with E-state index in [1.807, 2.05) is 17.0 Å². The minimum atomic E-state index is -4.20. The second kappa shape index (κ2) is 11.5. The van der Waals surface area contributed by atoms with Crippen molar-refractivity contribution in [2.45, 2.75) is 18.2 Å². The molecule has 1 fully saturated rings. The molecule has 0 unspecified atom stereocenters. The molecule has 0 spiro atoms. The molecule has 1 aromatic heterocycles. The molecule has 39 heavy (non-hydrogen) atoms. The van der Waals surface area contributed by atoms with Gasteiger partial charge >= 0.3 is 5.97 Å². The third kappa shape index (κ3) is 5.91. The van der Waals surface area contributed by atoms with E-state index in [9.17, 15) is 13.2 Å². The van der Waals surface area contributed by atoms with Crippen molar-refractivity contribution in [3.05, 3.63) is 64.3 Å². The van der Waals surface area contributed by atoms with E-state index in [1.165, 1.54) is 18.2 Å². The Morgan fingerprint density at radius 2 is 1.82 bits per heavy atom. The highest BCUT2D eigenvalue weighted by Crippen LogP contribution is 2.37. The molecule has 0 atom stereocenters. The number of nitrogens with one attached hydrogen (secondary N) is 1. The number of hydrogen-bond donors (Lipinski definition) is 1. The highest BCUT2D eigenvalue weighted by Gasteiger charge is 2.31. The molecule has 0 amide bonds. The number of rotatable bonds is 8. The van der Waals surface area contributed by atoms with Crippen LogP contribution in [-0.2, 0) is 26.0 Å².